The van der Waals surface area contributed by atoms with Gasteiger partial charge in [0.2, 0.25) is 5.71 Å². The highest BCUT2D eigenvalue weighted by Crippen LogP contribution is 2.10. The SMILES string of the molecule is Cn1c(=O)c2cc(NC(=O)c3cnccn3)c(=O)oc2n(C)c1=O. The molecule has 0 fully saturated rings. The first-order valence-electron chi connectivity index (χ1n) is 6.71. The topological polar surface area (TPSA) is 129 Å². The quantitative estimate of drug-likeness (QED) is 0.653. The molecule has 10 heteroatoms. The molecule has 0 radical (unpaired) electrons. The summed E-state index contributed by atoms with van der Waals surface area (Å²) < 4.78 is 6.93. The third kappa shape index (κ3) is 2.39. The van der Waals surface area contributed by atoms with E-state index in [1.807, 2.05) is 0 Å². The number of carbonyl (C=O) groups is 1. The molecular weight excluding hydrogens is 318 g/mol. The number of nitrogens with zero attached hydrogens (tertiary/aromatic N) is 4. The highest BCUT2D eigenvalue weighted by atomic mass is 16.4. The molecule has 3 aromatic heterocycles. The van der Waals surface area contributed by atoms with E-state index in [-0.39, 0.29) is 22.5 Å². The third-order valence-corrected chi connectivity index (χ3v) is 3.39. The normalized spacial score (nSPS) is 10.8. The molecule has 0 spiro atoms. The number of nitrogens with one attached hydrogen (secondary N) is 1. The van der Waals surface area contributed by atoms with Crippen LogP contribution in [0.4, 0.5) is 5.69 Å². The average molecular weight is 329 g/mol. The Balaban J connectivity index is 2.16. The first kappa shape index (κ1) is 15.3. The Labute approximate surface area is 133 Å². The molecule has 24 heavy (non-hydrogen) atoms. The zero-order valence-electron chi connectivity index (χ0n) is 12.6. The molecule has 0 aliphatic carbocycles. The van der Waals surface area contributed by atoms with Gasteiger partial charge in [-0.3, -0.25) is 23.7 Å². The van der Waals surface area contributed by atoms with Gasteiger partial charge in [-0.25, -0.2) is 14.6 Å². The Morgan fingerprint density at radius 1 is 1.17 bits per heavy atom. The lowest BCUT2D eigenvalue weighted by Gasteiger charge is -2.07. The number of anilines is 1. The fourth-order valence-corrected chi connectivity index (χ4v) is 2.13. The minimum atomic E-state index is -0.900. The van der Waals surface area contributed by atoms with Crippen molar-refractivity contribution in [2.24, 2.45) is 14.1 Å². The van der Waals surface area contributed by atoms with Crippen LogP contribution < -0.4 is 22.2 Å². The summed E-state index contributed by atoms with van der Waals surface area (Å²) in [6.07, 6.45) is 3.94. The first-order valence-corrected chi connectivity index (χ1v) is 6.71. The molecule has 0 atom stereocenters. The minimum absolute atomic E-state index is 0.00892. The van der Waals surface area contributed by atoms with Crippen LogP contribution in [0.25, 0.3) is 11.1 Å². The van der Waals surface area contributed by atoms with E-state index in [2.05, 4.69) is 15.3 Å². The van der Waals surface area contributed by atoms with E-state index in [0.29, 0.717) is 0 Å². The van der Waals surface area contributed by atoms with Gasteiger partial charge in [0.15, 0.2) is 0 Å². The number of fused-ring (bicyclic) bond motifs is 1. The van der Waals surface area contributed by atoms with E-state index in [9.17, 15) is 19.2 Å². The third-order valence-electron chi connectivity index (χ3n) is 3.39. The van der Waals surface area contributed by atoms with Crippen LogP contribution in [0.3, 0.4) is 0 Å². The molecule has 0 aliphatic rings. The van der Waals surface area contributed by atoms with Crippen molar-refractivity contribution in [2.45, 2.75) is 0 Å². The molecule has 1 amide bonds. The molecule has 10 nitrogen and oxygen atoms in total. The van der Waals surface area contributed by atoms with Gasteiger partial charge < -0.3 is 9.73 Å². The predicted octanol–water partition coefficient (Wildman–Crippen LogP) is -0.767. The number of amides is 1. The average Bonchev–Trinajstić information content (AvgIpc) is 2.60. The summed E-state index contributed by atoms with van der Waals surface area (Å²) >= 11 is 0. The molecule has 3 heterocycles. The second-order valence-corrected chi connectivity index (χ2v) is 4.92. The number of aryl methyl sites for hydroxylation is 1. The van der Waals surface area contributed by atoms with Crippen LogP contribution in [-0.4, -0.2) is 25.0 Å². The van der Waals surface area contributed by atoms with E-state index in [1.54, 1.807) is 0 Å². The number of rotatable bonds is 2. The van der Waals surface area contributed by atoms with E-state index in [4.69, 9.17) is 4.42 Å². The summed E-state index contributed by atoms with van der Waals surface area (Å²) in [6.45, 7) is 0. The van der Waals surface area contributed by atoms with Gasteiger partial charge in [-0.05, 0) is 6.07 Å². The highest BCUT2D eigenvalue weighted by Gasteiger charge is 2.16. The Morgan fingerprint density at radius 2 is 1.92 bits per heavy atom. The van der Waals surface area contributed by atoms with Crippen LogP contribution in [0.15, 0.2) is 43.5 Å². The minimum Gasteiger partial charge on any atom is -0.404 e. The fourth-order valence-electron chi connectivity index (χ4n) is 2.13. The van der Waals surface area contributed by atoms with Crippen molar-refractivity contribution in [3.63, 3.8) is 0 Å². The van der Waals surface area contributed by atoms with Gasteiger partial charge in [0.05, 0.1) is 6.20 Å². The molecule has 122 valence electrons. The summed E-state index contributed by atoms with van der Waals surface area (Å²) in [6, 6.07) is 1.16. The Kier molecular flexibility index (Phi) is 3.56. The van der Waals surface area contributed by atoms with Gasteiger partial charge in [0, 0.05) is 26.5 Å². The largest absolute Gasteiger partial charge is 0.404 e. The molecule has 0 aromatic carbocycles. The zero-order valence-corrected chi connectivity index (χ0v) is 12.6. The molecule has 0 unspecified atom stereocenters. The monoisotopic (exact) mass is 329 g/mol. The Hall–Kier alpha value is -3.56. The van der Waals surface area contributed by atoms with Crippen LogP contribution in [0.2, 0.25) is 0 Å². The lowest BCUT2D eigenvalue weighted by atomic mass is 10.3. The van der Waals surface area contributed by atoms with Crippen molar-refractivity contribution >= 4 is 22.7 Å². The lowest BCUT2D eigenvalue weighted by Crippen LogP contribution is -2.37. The maximum Gasteiger partial charge on any atom is 0.361 e. The van der Waals surface area contributed by atoms with E-state index < -0.39 is 22.8 Å². The van der Waals surface area contributed by atoms with Crippen molar-refractivity contribution in [3.05, 3.63) is 61.6 Å². The van der Waals surface area contributed by atoms with Crippen molar-refractivity contribution in [2.75, 3.05) is 5.32 Å². The van der Waals surface area contributed by atoms with Crippen LogP contribution in [0, 0.1) is 0 Å². The van der Waals surface area contributed by atoms with Crippen molar-refractivity contribution < 1.29 is 9.21 Å². The summed E-state index contributed by atoms with van der Waals surface area (Å²) in [5.41, 5.74) is -2.60. The highest BCUT2D eigenvalue weighted by molar-refractivity contribution is 6.03. The molecular formula is C14H11N5O5. The van der Waals surface area contributed by atoms with Crippen LogP contribution in [0.5, 0.6) is 0 Å². The second kappa shape index (κ2) is 5.57. The molecule has 0 bridgehead atoms. The molecule has 0 saturated carbocycles. The maximum absolute atomic E-state index is 12.2. The van der Waals surface area contributed by atoms with E-state index in [1.165, 1.54) is 32.7 Å². The summed E-state index contributed by atoms with van der Waals surface area (Å²) in [4.78, 5) is 55.6. The summed E-state index contributed by atoms with van der Waals surface area (Å²) in [5.74, 6) is -0.684. The van der Waals surface area contributed by atoms with Gasteiger partial charge in [-0.15, -0.1) is 0 Å². The fraction of sp³-hybridized carbons (Fsp3) is 0.143. The van der Waals surface area contributed by atoms with Gasteiger partial charge in [-0.1, -0.05) is 0 Å². The van der Waals surface area contributed by atoms with Crippen LogP contribution in [-0.2, 0) is 14.1 Å². The summed E-state index contributed by atoms with van der Waals surface area (Å²) in [5, 5.41) is 2.30. The zero-order chi connectivity index (χ0) is 17.4. The van der Waals surface area contributed by atoms with E-state index in [0.717, 1.165) is 15.2 Å². The number of hydrogen-bond acceptors (Lipinski definition) is 7. The van der Waals surface area contributed by atoms with Gasteiger partial charge >= 0.3 is 11.3 Å². The standard InChI is InChI=1S/C14H11N5O5/c1-18-11(21)7-5-8(13(22)24-12(7)19(2)14(18)23)17-10(20)9-6-15-3-4-16-9/h3-6H,1-2H3,(H,17,20). The van der Waals surface area contributed by atoms with Crippen molar-refractivity contribution in [1.82, 2.24) is 19.1 Å². The number of carbonyl (C=O) groups excluding carboxylic acids is 1. The Morgan fingerprint density at radius 3 is 2.58 bits per heavy atom. The summed E-state index contributed by atoms with van der Waals surface area (Å²) in [7, 11) is 2.66. The molecule has 3 rings (SSSR count). The smallest absolute Gasteiger partial charge is 0.361 e. The maximum atomic E-state index is 12.2. The molecule has 0 aliphatic heterocycles. The van der Waals surface area contributed by atoms with Crippen LogP contribution >= 0.6 is 0 Å². The Bertz CT molecular complexity index is 1130. The molecule has 3 aromatic rings. The molecule has 0 saturated heterocycles. The predicted molar refractivity (Wildman–Crippen MR) is 83.0 cm³/mol. The van der Waals surface area contributed by atoms with Crippen LogP contribution in [0.1, 0.15) is 10.5 Å². The molecule has 1 N–H and O–H groups in total. The lowest BCUT2D eigenvalue weighted by molar-refractivity contribution is 0.102. The number of aromatic nitrogens is 4. The first-order chi connectivity index (χ1) is 11.4. The van der Waals surface area contributed by atoms with Crippen molar-refractivity contribution in [1.29, 1.82) is 0 Å². The van der Waals surface area contributed by atoms with E-state index >= 15 is 0 Å². The van der Waals surface area contributed by atoms with Gasteiger partial charge in [-0.2, -0.15) is 0 Å². The van der Waals surface area contributed by atoms with Crippen molar-refractivity contribution in [3.8, 4) is 0 Å². The second-order valence-electron chi connectivity index (χ2n) is 4.92. The number of hydrogen-bond donors (Lipinski definition) is 1. The van der Waals surface area contributed by atoms with Gasteiger partial charge in [0.1, 0.15) is 16.8 Å². The van der Waals surface area contributed by atoms with Gasteiger partial charge in [0.25, 0.3) is 11.5 Å².